The summed E-state index contributed by atoms with van der Waals surface area (Å²) in [7, 11) is 0. The van der Waals surface area contributed by atoms with Crippen LogP contribution in [0, 0.1) is 11.8 Å². The Bertz CT molecular complexity index is 331. The molecule has 0 spiro atoms. The van der Waals surface area contributed by atoms with Crippen molar-refractivity contribution in [1.29, 1.82) is 0 Å². The molecule has 0 aromatic rings. The van der Waals surface area contributed by atoms with E-state index in [1.807, 2.05) is 11.8 Å². The molecule has 1 aliphatic rings. The molecule has 0 aromatic carbocycles. The number of carbonyl (C=O) groups is 2. The van der Waals surface area contributed by atoms with Crippen molar-refractivity contribution < 1.29 is 14.7 Å². The van der Waals surface area contributed by atoms with Crippen LogP contribution in [-0.2, 0) is 9.59 Å². The van der Waals surface area contributed by atoms with Gasteiger partial charge in [0, 0.05) is 26.1 Å². The molecule has 5 heteroatoms. The van der Waals surface area contributed by atoms with Crippen molar-refractivity contribution in [2.24, 2.45) is 11.8 Å². The highest BCUT2D eigenvalue weighted by molar-refractivity contribution is 5.78. The number of nitrogens with one attached hydrogen (secondary N) is 1. The minimum Gasteiger partial charge on any atom is -0.481 e. The average Bonchev–Trinajstić information content (AvgIpc) is 2.38. The van der Waals surface area contributed by atoms with E-state index in [9.17, 15) is 9.59 Å². The molecule has 1 aliphatic heterocycles. The zero-order chi connectivity index (χ0) is 14.3. The molecule has 0 bridgehead atoms. The van der Waals surface area contributed by atoms with Gasteiger partial charge in [0.25, 0.3) is 0 Å². The molecule has 19 heavy (non-hydrogen) atoms. The third-order valence-corrected chi connectivity index (χ3v) is 3.68. The minimum absolute atomic E-state index is 0.0917. The highest BCUT2D eigenvalue weighted by atomic mass is 16.4. The number of hydrogen-bond donors (Lipinski definition) is 2. The van der Waals surface area contributed by atoms with Crippen LogP contribution in [0.5, 0.6) is 0 Å². The predicted molar refractivity (Wildman–Crippen MR) is 73.8 cm³/mol. The number of nitrogens with zero attached hydrogens (tertiary/aromatic N) is 1. The summed E-state index contributed by atoms with van der Waals surface area (Å²) in [5, 5.41) is 11.8. The molecule has 2 atom stereocenters. The molecule has 1 saturated heterocycles. The van der Waals surface area contributed by atoms with E-state index in [1.54, 1.807) is 6.08 Å². The van der Waals surface area contributed by atoms with Gasteiger partial charge in [0.05, 0.1) is 6.54 Å². The number of carboxylic acid groups (broad SMARTS) is 1. The van der Waals surface area contributed by atoms with Gasteiger partial charge < -0.3 is 15.3 Å². The maximum atomic E-state index is 12.0. The zero-order valence-corrected chi connectivity index (χ0v) is 11.6. The van der Waals surface area contributed by atoms with Crippen LogP contribution in [0.1, 0.15) is 26.2 Å². The molecule has 0 radical (unpaired) electrons. The van der Waals surface area contributed by atoms with Crippen LogP contribution in [0.15, 0.2) is 12.7 Å². The van der Waals surface area contributed by atoms with Crippen LogP contribution < -0.4 is 5.32 Å². The van der Waals surface area contributed by atoms with E-state index >= 15 is 0 Å². The average molecular weight is 268 g/mol. The first-order chi connectivity index (χ1) is 9.04. The molecule has 0 saturated carbocycles. The van der Waals surface area contributed by atoms with Gasteiger partial charge in [0.1, 0.15) is 0 Å². The van der Waals surface area contributed by atoms with Crippen LogP contribution in [0.25, 0.3) is 0 Å². The number of carboxylic acids is 1. The maximum Gasteiger partial charge on any atom is 0.303 e. The fraction of sp³-hybridized carbons (Fsp3) is 0.714. The standard InChI is InChI=1S/C14H24N2O3/c1-3-6-15-9-13(17)16-7-4-5-12(10-16)11(2)8-14(18)19/h3,11-12,15H,1,4-10H2,2H3,(H,18,19). The Hall–Kier alpha value is -1.36. The molecule has 2 N–H and O–H groups in total. The first-order valence-electron chi connectivity index (χ1n) is 6.85. The van der Waals surface area contributed by atoms with Gasteiger partial charge in [-0.2, -0.15) is 0 Å². The second-order valence-corrected chi connectivity index (χ2v) is 5.24. The molecule has 1 heterocycles. The van der Waals surface area contributed by atoms with E-state index < -0.39 is 5.97 Å². The first-order valence-corrected chi connectivity index (χ1v) is 6.85. The van der Waals surface area contributed by atoms with Crippen molar-refractivity contribution >= 4 is 11.9 Å². The highest BCUT2D eigenvalue weighted by Crippen LogP contribution is 2.26. The van der Waals surface area contributed by atoms with Gasteiger partial charge in [0.15, 0.2) is 0 Å². The Morgan fingerprint density at radius 1 is 1.58 bits per heavy atom. The Kier molecular flexibility index (Phi) is 6.56. The molecule has 5 nitrogen and oxygen atoms in total. The van der Waals surface area contributed by atoms with Gasteiger partial charge in [-0.05, 0) is 24.7 Å². The lowest BCUT2D eigenvalue weighted by atomic mass is 9.84. The quantitative estimate of drug-likeness (QED) is 0.536. The van der Waals surface area contributed by atoms with Crippen molar-refractivity contribution in [3.8, 4) is 0 Å². The van der Waals surface area contributed by atoms with E-state index in [1.165, 1.54) is 0 Å². The monoisotopic (exact) mass is 268 g/mol. The topological polar surface area (TPSA) is 69.6 Å². The van der Waals surface area contributed by atoms with Gasteiger partial charge in [-0.3, -0.25) is 9.59 Å². The molecule has 2 unspecified atom stereocenters. The number of likely N-dealkylation sites (tertiary alicyclic amines) is 1. The fourth-order valence-corrected chi connectivity index (χ4v) is 2.54. The summed E-state index contributed by atoms with van der Waals surface area (Å²) >= 11 is 0. The van der Waals surface area contributed by atoms with Crippen LogP contribution >= 0.6 is 0 Å². The number of rotatable bonds is 7. The zero-order valence-electron chi connectivity index (χ0n) is 11.6. The van der Waals surface area contributed by atoms with Crippen molar-refractivity contribution in [3.63, 3.8) is 0 Å². The Morgan fingerprint density at radius 3 is 2.95 bits per heavy atom. The van der Waals surface area contributed by atoms with Crippen LogP contribution in [0.2, 0.25) is 0 Å². The molecule has 1 rings (SSSR count). The summed E-state index contributed by atoms with van der Waals surface area (Å²) in [6.45, 7) is 7.97. The lowest BCUT2D eigenvalue weighted by Crippen LogP contribution is -2.45. The Balaban J connectivity index is 2.42. The molecule has 0 aromatic heterocycles. The Labute approximate surface area is 114 Å². The number of amides is 1. The second-order valence-electron chi connectivity index (χ2n) is 5.24. The van der Waals surface area contributed by atoms with Crippen molar-refractivity contribution in [2.75, 3.05) is 26.2 Å². The molecular weight excluding hydrogens is 244 g/mol. The maximum absolute atomic E-state index is 12.0. The number of piperidine rings is 1. The van der Waals surface area contributed by atoms with E-state index in [0.717, 1.165) is 19.4 Å². The summed E-state index contributed by atoms with van der Waals surface area (Å²) in [5.41, 5.74) is 0. The van der Waals surface area contributed by atoms with Gasteiger partial charge in [-0.1, -0.05) is 13.0 Å². The molecule has 108 valence electrons. The van der Waals surface area contributed by atoms with Crippen molar-refractivity contribution in [1.82, 2.24) is 10.2 Å². The summed E-state index contributed by atoms with van der Waals surface area (Å²) in [5.74, 6) is -0.250. The van der Waals surface area contributed by atoms with E-state index in [0.29, 0.717) is 25.6 Å². The van der Waals surface area contributed by atoms with E-state index in [-0.39, 0.29) is 18.2 Å². The third kappa shape index (κ3) is 5.42. The second kappa shape index (κ2) is 7.94. The molecular formula is C14H24N2O3. The predicted octanol–water partition coefficient (Wildman–Crippen LogP) is 1.11. The van der Waals surface area contributed by atoms with Crippen molar-refractivity contribution in [2.45, 2.75) is 26.2 Å². The molecule has 0 aliphatic carbocycles. The van der Waals surface area contributed by atoms with E-state index in [4.69, 9.17) is 5.11 Å². The first kappa shape index (κ1) is 15.7. The van der Waals surface area contributed by atoms with E-state index in [2.05, 4.69) is 11.9 Å². The largest absolute Gasteiger partial charge is 0.481 e. The number of carbonyl (C=O) groups excluding carboxylic acids is 1. The number of hydrogen-bond acceptors (Lipinski definition) is 3. The smallest absolute Gasteiger partial charge is 0.303 e. The van der Waals surface area contributed by atoms with Gasteiger partial charge in [0.2, 0.25) is 5.91 Å². The van der Waals surface area contributed by atoms with Crippen LogP contribution in [0.3, 0.4) is 0 Å². The summed E-state index contributed by atoms with van der Waals surface area (Å²) in [4.78, 5) is 24.6. The van der Waals surface area contributed by atoms with Crippen molar-refractivity contribution in [3.05, 3.63) is 12.7 Å². The number of aliphatic carboxylic acids is 1. The summed E-state index contributed by atoms with van der Waals surface area (Å²) in [6, 6.07) is 0. The van der Waals surface area contributed by atoms with Gasteiger partial charge in [-0.25, -0.2) is 0 Å². The highest BCUT2D eigenvalue weighted by Gasteiger charge is 2.27. The summed E-state index contributed by atoms with van der Waals surface area (Å²) < 4.78 is 0. The lowest BCUT2D eigenvalue weighted by Gasteiger charge is -2.35. The normalized spacial score (nSPS) is 20.9. The SMILES string of the molecule is C=CCNCC(=O)N1CCCC(C(C)CC(=O)O)C1. The van der Waals surface area contributed by atoms with Crippen LogP contribution in [0.4, 0.5) is 0 Å². The third-order valence-electron chi connectivity index (χ3n) is 3.68. The van der Waals surface area contributed by atoms with Gasteiger partial charge in [-0.15, -0.1) is 6.58 Å². The van der Waals surface area contributed by atoms with Gasteiger partial charge >= 0.3 is 5.97 Å². The lowest BCUT2D eigenvalue weighted by molar-refractivity contribution is -0.138. The minimum atomic E-state index is -0.761. The Morgan fingerprint density at radius 2 is 2.32 bits per heavy atom. The molecule has 1 fully saturated rings. The summed E-state index contributed by atoms with van der Waals surface area (Å²) in [6.07, 6.45) is 3.88. The van der Waals surface area contributed by atoms with Crippen LogP contribution in [-0.4, -0.2) is 48.1 Å². The fourth-order valence-electron chi connectivity index (χ4n) is 2.54. The molecule has 1 amide bonds.